The first-order valence-corrected chi connectivity index (χ1v) is 7.56. The third kappa shape index (κ3) is 4.49. The molecule has 5 heteroatoms. The molecule has 2 aromatic rings. The first-order chi connectivity index (χ1) is 11.0. The number of methoxy groups -OCH3 is 1. The van der Waals surface area contributed by atoms with E-state index in [1.54, 1.807) is 13.8 Å². The van der Waals surface area contributed by atoms with Crippen LogP contribution >= 0.6 is 12.4 Å². The largest absolute Gasteiger partial charge is 0.489 e. The molecule has 2 rings (SSSR count). The van der Waals surface area contributed by atoms with Crippen LogP contribution in [0.4, 0.5) is 0 Å². The minimum Gasteiger partial charge on any atom is -0.489 e. The van der Waals surface area contributed by atoms with Crippen molar-refractivity contribution in [3.63, 3.8) is 0 Å². The molecule has 0 saturated carbocycles. The molecule has 0 heterocycles. The Morgan fingerprint density at radius 2 is 1.67 bits per heavy atom. The number of esters is 1. The van der Waals surface area contributed by atoms with Gasteiger partial charge in [-0.05, 0) is 25.5 Å². The van der Waals surface area contributed by atoms with Crippen LogP contribution in [0.1, 0.15) is 31.0 Å². The third-order valence-corrected chi connectivity index (χ3v) is 3.98. The van der Waals surface area contributed by atoms with E-state index in [4.69, 9.17) is 15.2 Å². The van der Waals surface area contributed by atoms with Crippen LogP contribution in [-0.2, 0) is 16.1 Å². The van der Waals surface area contributed by atoms with E-state index in [0.29, 0.717) is 12.4 Å². The Hall–Kier alpha value is -2.04. The van der Waals surface area contributed by atoms with Gasteiger partial charge in [0.1, 0.15) is 12.4 Å². The lowest BCUT2D eigenvalue weighted by Crippen LogP contribution is -2.37. The summed E-state index contributed by atoms with van der Waals surface area (Å²) in [5.41, 5.74) is 7.35. The van der Waals surface area contributed by atoms with E-state index in [1.165, 1.54) is 7.11 Å². The number of para-hydroxylation sites is 1. The van der Waals surface area contributed by atoms with Crippen molar-refractivity contribution in [2.75, 3.05) is 7.11 Å². The zero-order valence-corrected chi connectivity index (χ0v) is 15.0. The SMILES string of the molecule is COC(=O)C(C)(C)[C@@H](N)c1ccccc1OCc1ccccc1.Cl. The molecular formula is C19H24ClNO3. The van der Waals surface area contributed by atoms with Crippen molar-refractivity contribution < 1.29 is 14.3 Å². The van der Waals surface area contributed by atoms with Crippen LogP contribution in [0.15, 0.2) is 54.6 Å². The summed E-state index contributed by atoms with van der Waals surface area (Å²) >= 11 is 0. The molecule has 0 aliphatic rings. The highest BCUT2D eigenvalue weighted by Gasteiger charge is 2.37. The van der Waals surface area contributed by atoms with Crippen LogP contribution in [-0.4, -0.2) is 13.1 Å². The second-order valence-electron chi connectivity index (χ2n) is 6.00. The summed E-state index contributed by atoms with van der Waals surface area (Å²) < 4.78 is 10.8. The maximum Gasteiger partial charge on any atom is 0.313 e. The Kier molecular flexibility index (Phi) is 7.26. The lowest BCUT2D eigenvalue weighted by Gasteiger charge is -2.30. The molecule has 0 aliphatic heterocycles. The van der Waals surface area contributed by atoms with Gasteiger partial charge < -0.3 is 15.2 Å². The van der Waals surface area contributed by atoms with Gasteiger partial charge in [-0.15, -0.1) is 12.4 Å². The number of rotatable bonds is 6. The van der Waals surface area contributed by atoms with Gasteiger partial charge in [-0.2, -0.15) is 0 Å². The van der Waals surface area contributed by atoms with Gasteiger partial charge in [0.05, 0.1) is 12.5 Å². The van der Waals surface area contributed by atoms with E-state index in [1.807, 2.05) is 54.6 Å². The number of carbonyl (C=O) groups is 1. The van der Waals surface area contributed by atoms with E-state index in [-0.39, 0.29) is 18.4 Å². The summed E-state index contributed by atoms with van der Waals surface area (Å²) in [7, 11) is 1.37. The third-order valence-electron chi connectivity index (χ3n) is 3.98. The van der Waals surface area contributed by atoms with Crippen molar-refractivity contribution in [3.8, 4) is 5.75 Å². The highest BCUT2D eigenvalue weighted by atomic mass is 35.5. The van der Waals surface area contributed by atoms with Gasteiger partial charge in [0.15, 0.2) is 0 Å². The molecule has 4 nitrogen and oxygen atoms in total. The second-order valence-corrected chi connectivity index (χ2v) is 6.00. The molecule has 0 spiro atoms. The van der Waals surface area contributed by atoms with Crippen molar-refractivity contribution in [3.05, 3.63) is 65.7 Å². The normalized spacial score (nSPS) is 12.0. The number of benzene rings is 2. The van der Waals surface area contributed by atoms with E-state index >= 15 is 0 Å². The Morgan fingerprint density at radius 3 is 2.29 bits per heavy atom. The summed E-state index contributed by atoms with van der Waals surface area (Å²) in [5, 5.41) is 0. The topological polar surface area (TPSA) is 61.5 Å². The molecule has 2 N–H and O–H groups in total. The molecule has 0 amide bonds. The molecule has 130 valence electrons. The Bertz CT molecular complexity index is 659. The predicted molar refractivity (Wildman–Crippen MR) is 97.2 cm³/mol. The molecular weight excluding hydrogens is 326 g/mol. The first-order valence-electron chi connectivity index (χ1n) is 7.56. The molecule has 0 radical (unpaired) electrons. The van der Waals surface area contributed by atoms with E-state index < -0.39 is 11.5 Å². The fourth-order valence-corrected chi connectivity index (χ4v) is 2.38. The Balaban J connectivity index is 0.00000288. The number of halogens is 1. The van der Waals surface area contributed by atoms with E-state index in [2.05, 4.69) is 0 Å². The van der Waals surface area contributed by atoms with Gasteiger partial charge in [0, 0.05) is 11.6 Å². The molecule has 24 heavy (non-hydrogen) atoms. The van der Waals surface area contributed by atoms with Crippen molar-refractivity contribution in [1.82, 2.24) is 0 Å². The smallest absolute Gasteiger partial charge is 0.313 e. The maximum absolute atomic E-state index is 12.0. The Morgan fingerprint density at radius 1 is 1.08 bits per heavy atom. The molecule has 0 aromatic heterocycles. The number of carbonyl (C=O) groups excluding carboxylic acids is 1. The van der Waals surface area contributed by atoms with Crippen LogP contribution in [0.3, 0.4) is 0 Å². The number of ether oxygens (including phenoxy) is 2. The molecule has 0 saturated heterocycles. The lowest BCUT2D eigenvalue weighted by atomic mass is 9.80. The van der Waals surface area contributed by atoms with Crippen LogP contribution in [0, 0.1) is 5.41 Å². The summed E-state index contributed by atoms with van der Waals surface area (Å²) in [6.07, 6.45) is 0. The summed E-state index contributed by atoms with van der Waals surface area (Å²) in [6, 6.07) is 16.9. The van der Waals surface area contributed by atoms with E-state index in [0.717, 1.165) is 11.1 Å². The second kappa shape index (κ2) is 8.71. The molecule has 2 aromatic carbocycles. The van der Waals surface area contributed by atoms with Crippen molar-refractivity contribution >= 4 is 18.4 Å². The van der Waals surface area contributed by atoms with Gasteiger partial charge in [-0.25, -0.2) is 0 Å². The summed E-state index contributed by atoms with van der Waals surface area (Å²) in [4.78, 5) is 12.0. The summed E-state index contributed by atoms with van der Waals surface area (Å²) in [6.45, 7) is 4.00. The van der Waals surface area contributed by atoms with Crippen LogP contribution in [0.5, 0.6) is 5.75 Å². The Labute approximate surface area is 149 Å². The van der Waals surface area contributed by atoms with Gasteiger partial charge in [0.25, 0.3) is 0 Å². The maximum atomic E-state index is 12.0. The number of nitrogens with two attached hydrogens (primary N) is 1. The van der Waals surface area contributed by atoms with Crippen molar-refractivity contribution in [2.24, 2.45) is 11.1 Å². The highest BCUT2D eigenvalue weighted by Crippen LogP contribution is 2.37. The molecule has 0 unspecified atom stereocenters. The zero-order chi connectivity index (χ0) is 16.9. The van der Waals surface area contributed by atoms with E-state index in [9.17, 15) is 4.79 Å². The fourth-order valence-electron chi connectivity index (χ4n) is 2.38. The first kappa shape index (κ1) is 20.0. The fraction of sp³-hybridized carbons (Fsp3) is 0.316. The molecule has 1 atom stereocenters. The monoisotopic (exact) mass is 349 g/mol. The predicted octanol–water partition coefficient (Wildman–Crippen LogP) is 3.89. The average Bonchev–Trinajstić information content (AvgIpc) is 2.59. The highest BCUT2D eigenvalue weighted by molar-refractivity contribution is 5.85. The lowest BCUT2D eigenvalue weighted by molar-refractivity contribution is -0.152. The summed E-state index contributed by atoms with van der Waals surface area (Å²) in [5.74, 6) is 0.337. The van der Waals surface area contributed by atoms with Gasteiger partial charge in [-0.3, -0.25) is 4.79 Å². The van der Waals surface area contributed by atoms with Crippen LogP contribution < -0.4 is 10.5 Å². The minimum atomic E-state index is -0.846. The van der Waals surface area contributed by atoms with Crippen LogP contribution in [0.25, 0.3) is 0 Å². The standard InChI is InChI=1S/C19H23NO3.ClH/c1-19(2,18(21)22-3)17(20)15-11-7-8-12-16(15)23-13-14-9-5-4-6-10-14;/h4-12,17H,13,20H2,1-3H3;1H/t17-;/m0./s1. The van der Waals surface area contributed by atoms with Gasteiger partial charge in [0.2, 0.25) is 0 Å². The molecule has 0 fully saturated rings. The quantitative estimate of drug-likeness (QED) is 0.804. The molecule has 0 bridgehead atoms. The van der Waals surface area contributed by atoms with Crippen molar-refractivity contribution in [2.45, 2.75) is 26.5 Å². The van der Waals surface area contributed by atoms with Gasteiger partial charge >= 0.3 is 5.97 Å². The van der Waals surface area contributed by atoms with Crippen LogP contribution in [0.2, 0.25) is 0 Å². The van der Waals surface area contributed by atoms with Gasteiger partial charge in [-0.1, -0.05) is 48.5 Å². The average molecular weight is 350 g/mol. The van der Waals surface area contributed by atoms with Crippen molar-refractivity contribution in [1.29, 1.82) is 0 Å². The zero-order valence-electron chi connectivity index (χ0n) is 14.2. The minimum absolute atomic E-state index is 0. The molecule has 0 aliphatic carbocycles. The number of hydrogen-bond acceptors (Lipinski definition) is 4. The number of hydrogen-bond donors (Lipinski definition) is 1.